The van der Waals surface area contributed by atoms with Gasteiger partial charge in [-0.25, -0.2) is 18.7 Å². The number of hydrogen-bond acceptors (Lipinski definition) is 9. The Balaban J connectivity index is 1.47. The standard InChI is InChI=1S/C24H26F2N4O5/c1-33-21-9-15-16(11-22(21)34-8-4-7-30-5-2-3-6-30)27-14-28-24(15)29-17-10-19(32)20(12-18(17)31)35-13-23(25)26/h9-12,14,23H,2-8,13H2,1H3,(H,27,28,29). The number of aromatic nitrogens is 2. The summed E-state index contributed by atoms with van der Waals surface area (Å²) in [5.74, 6) is -0.454. The molecule has 1 aliphatic carbocycles. The van der Waals surface area contributed by atoms with E-state index in [1.54, 1.807) is 12.1 Å². The largest absolute Gasteiger partial charge is 0.493 e. The second kappa shape index (κ2) is 11.2. The van der Waals surface area contributed by atoms with Crippen LogP contribution in [0.2, 0.25) is 0 Å². The second-order valence-electron chi connectivity index (χ2n) is 8.12. The van der Waals surface area contributed by atoms with Crippen molar-refractivity contribution in [3.8, 4) is 11.5 Å². The van der Waals surface area contributed by atoms with Crippen molar-refractivity contribution in [3.63, 3.8) is 0 Å². The molecular weight excluding hydrogens is 462 g/mol. The van der Waals surface area contributed by atoms with Crippen LogP contribution in [0.4, 0.5) is 14.6 Å². The first kappa shape index (κ1) is 24.5. The molecule has 1 fully saturated rings. The Morgan fingerprint density at radius 3 is 2.60 bits per heavy atom. The van der Waals surface area contributed by atoms with E-state index in [2.05, 4.69) is 20.2 Å². The quantitative estimate of drug-likeness (QED) is 0.377. The van der Waals surface area contributed by atoms with Gasteiger partial charge in [-0.3, -0.25) is 9.59 Å². The normalized spacial score (nSPS) is 16.5. The zero-order chi connectivity index (χ0) is 24.8. The number of ether oxygens (including phenoxy) is 3. The Morgan fingerprint density at radius 1 is 1.06 bits per heavy atom. The molecule has 0 amide bonds. The predicted octanol–water partition coefficient (Wildman–Crippen LogP) is 3.12. The molecule has 1 aromatic heterocycles. The number of hydrogen-bond donors (Lipinski definition) is 1. The Hall–Kier alpha value is -3.60. The fourth-order valence-corrected chi connectivity index (χ4v) is 3.94. The van der Waals surface area contributed by atoms with Crippen LogP contribution in [-0.2, 0) is 14.3 Å². The van der Waals surface area contributed by atoms with Crippen LogP contribution in [0.3, 0.4) is 0 Å². The third kappa shape index (κ3) is 6.10. The van der Waals surface area contributed by atoms with Crippen LogP contribution in [0.15, 0.2) is 42.1 Å². The van der Waals surface area contributed by atoms with E-state index >= 15 is 0 Å². The number of fused-ring (bicyclic) bond motifs is 1. The highest BCUT2D eigenvalue weighted by molar-refractivity contribution is 6.20. The molecule has 35 heavy (non-hydrogen) atoms. The number of benzene rings is 1. The number of likely N-dealkylation sites (tertiary alicyclic amines) is 1. The molecule has 2 aliphatic rings. The van der Waals surface area contributed by atoms with E-state index < -0.39 is 30.4 Å². The van der Waals surface area contributed by atoms with E-state index in [4.69, 9.17) is 14.2 Å². The Kier molecular flexibility index (Phi) is 7.86. The van der Waals surface area contributed by atoms with Gasteiger partial charge in [0.2, 0.25) is 11.6 Å². The van der Waals surface area contributed by atoms with Crippen LogP contribution in [-0.4, -0.2) is 72.8 Å². The number of nitrogens with zero attached hydrogens (tertiary/aromatic N) is 3. The van der Waals surface area contributed by atoms with Crippen LogP contribution in [0.1, 0.15) is 19.3 Å². The Bertz CT molecular complexity index is 1160. The number of alkyl halides is 2. The maximum absolute atomic E-state index is 12.4. The van der Waals surface area contributed by atoms with E-state index in [-0.39, 0.29) is 11.5 Å². The highest BCUT2D eigenvalue weighted by Gasteiger charge is 2.24. The lowest BCUT2D eigenvalue weighted by molar-refractivity contribution is -0.118. The van der Waals surface area contributed by atoms with Gasteiger partial charge in [0.25, 0.3) is 6.43 Å². The molecule has 1 aliphatic heterocycles. The van der Waals surface area contributed by atoms with Crippen molar-refractivity contribution in [1.82, 2.24) is 14.9 Å². The number of carbonyl (C=O) groups is 2. The maximum Gasteiger partial charge on any atom is 0.272 e. The predicted molar refractivity (Wildman–Crippen MR) is 124 cm³/mol. The second-order valence-corrected chi connectivity index (χ2v) is 8.12. The minimum atomic E-state index is -2.76. The summed E-state index contributed by atoms with van der Waals surface area (Å²) in [5.41, 5.74) is 0.477. The maximum atomic E-state index is 12.4. The molecule has 1 aromatic carbocycles. The molecule has 0 radical (unpaired) electrons. The van der Waals surface area contributed by atoms with Crippen LogP contribution in [0.5, 0.6) is 11.5 Å². The van der Waals surface area contributed by atoms with Crippen LogP contribution in [0.25, 0.3) is 10.9 Å². The summed E-state index contributed by atoms with van der Waals surface area (Å²) in [6.45, 7) is 2.81. The molecule has 0 bridgehead atoms. The van der Waals surface area contributed by atoms with Gasteiger partial charge in [0, 0.05) is 30.1 Å². The molecule has 11 heteroatoms. The van der Waals surface area contributed by atoms with Gasteiger partial charge in [0.05, 0.1) is 24.9 Å². The summed E-state index contributed by atoms with van der Waals surface area (Å²) in [4.78, 5) is 35.5. The molecule has 2 aromatic rings. The first-order valence-corrected chi connectivity index (χ1v) is 11.3. The van der Waals surface area contributed by atoms with Crippen LogP contribution < -0.4 is 14.8 Å². The molecule has 0 unspecified atom stereocenters. The minimum Gasteiger partial charge on any atom is -0.493 e. The van der Waals surface area contributed by atoms with Crippen molar-refractivity contribution >= 4 is 28.3 Å². The number of ketones is 2. The molecule has 0 spiro atoms. The average molecular weight is 488 g/mol. The number of nitrogens with one attached hydrogen (secondary N) is 1. The molecule has 0 saturated carbocycles. The summed E-state index contributed by atoms with van der Waals surface area (Å²) >= 11 is 0. The number of rotatable bonds is 11. The SMILES string of the molecule is COc1cc2c(NC3=CC(=O)C(OCC(F)F)=CC3=O)ncnc2cc1OCCCN1CCCC1. The highest BCUT2D eigenvalue weighted by atomic mass is 19.3. The number of halogens is 2. The van der Waals surface area contributed by atoms with Crippen molar-refractivity contribution in [1.29, 1.82) is 0 Å². The first-order chi connectivity index (χ1) is 16.9. The fourth-order valence-electron chi connectivity index (χ4n) is 3.94. The van der Waals surface area contributed by atoms with E-state index in [1.807, 2.05) is 0 Å². The van der Waals surface area contributed by atoms with E-state index in [1.165, 1.54) is 26.3 Å². The van der Waals surface area contributed by atoms with Crippen molar-refractivity contribution in [3.05, 3.63) is 42.1 Å². The molecule has 1 saturated heterocycles. The number of anilines is 1. The summed E-state index contributed by atoms with van der Waals surface area (Å²) in [5, 5.41) is 3.37. The monoisotopic (exact) mass is 488 g/mol. The van der Waals surface area contributed by atoms with Crippen molar-refractivity contribution < 1.29 is 32.6 Å². The highest BCUT2D eigenvalue weighted by Crippen LogP contribution is 2.34. The van der Waals surface area contributed by atoms with Crippen LogP contribution >= 0.6 is 0 Å². The van der Waals surface area contributed by atoms with Gasteiger partial charge >= 0.3 is 0 Å². The van der Waals surface area contributed by atoms with Gasteiger partial charge in [-0.05, 0) is 38.4 Å². The summed E-state index contributed by atoms with van der Waals surface area (Å²) in [7, 11) is 1.52. The summed E-state index contributed by atoms with van der Waals surface area (Å²) < 4.78 is 40.9. The van der Waals surface area contributed by atoms with Crippen LogP contribution in [0, 0.1) is 0 Å². The summed E-state index contributed by atoms with van der Waals surface area (Å²) in [6.07, 6.45) is 3.81. The smallest absolute Gasteiger partial charge is 0.272 e. The van der Waals surface area contributed by atoms with E-state index in [0.29, 0.717) is 29.0 Å². The zero-order valence-corrected chi connectivity index (χ0v) is 19.3. The fraction of sp³-hybridized carbons (Fsp3) is 0.417. The summed E-state index contributed by atoms with van der Waals surface area (Å²) in [6, 6.07) is 3.42. The lowest BCUT2D eigenvalue weighted by Gasteiger charge is -2.17. The van der Waals surface area contributed by atoms with Gasteiger partial charge in [-0.1, -0.05) is 0 Å². The molecule has 4 rings (SSSR count). The van der Waals surface area contributed by atoms with Gasteiger partial charge in [-0.15, -0.1) is 0 Å². The van der Waals surface area contributed by atoms with Crippen molar-refractivity contribution in [2.75, 3.05) is 45.3 Å². The van der Waals surface area contributed by atoms with Gasteiger partial charge < -0.3 is 24.4 Å². The lowest BCUT2D eigenvalue weighted by Crippen LogP contribution is -2.22. The third-order valence-corrected chi connectivity index (χ3v) is 5.66. The molecular formula is C24H26F2N4O5. The van der Waals surface area contributed by atoms with Crippen molar-refractivity contribution in [2.45, 2.75) is 25.7 Å². The molecule has 0 atom stereocenters. The molecule has 1 N–H and O–H groups in total. The first-order valence-electron chi connectivity index (χ1n) is 11.3. The topological polar surface area (TPSA) is 103 Å². The zero-order valence-electron chi connectivity index (χ0n) is 19.3. The van der Waals surface area contributed by atoms with E-state index in [0.717, 1.165) is 38.2 Å². The molecule has 2 heterocycles. The Labute approximate surface area is 200 Å². The van der Waals surface area contributed by atoms with Gasteiger partial charge in [-0.2, -0.15) is 0 Å². The molecule has 186 valence electrons. The number of carbonyl (C=O) groups excluding carboxylic acids is 2. The average Bonchev–Trinajstić information content (AvgIpc) is 3.36. The van der Waals surface area contributed by atoms with Gasteiger partial charge in [0.1, 0.15) is 18.8 Å². The minimum absolute atomic E-state index is 0.0689. The number of allylic oxidation sites excluding steroid dienone is 2. The number of methoxy groups -OCH3 is 1. The van der Waals surface area contributed by atoms with E-state index in [9.17, 15) is 18.4 Å². The third-order valence-electron chi connectivity index (χ3n) is 5.66. The lowest BCUT2D eigenvalue weighted by atomic mass is 10.1. The molecule has 9 nitrogen and oxygen atoms in total. The van der Waals surface area contributed by atoms with Crippen molar-refractivity contribution in [2.24, 2.45) is 0 Å². The van der Waals surface area contributed by atoms with Gasteiger partial charge in [0.15, 0.2) is 17.3 Å². The Morgan fingerprint density at radius 2 is 1.86 bits per heavy atom.